The van der Waals surface area contributed by atoms with E-state index in [1.54, 1.807) is 6.08 Å². The van der Waals surface area contributed by atoms with Gasteiger partial charge in [-0.25, -0.2) is 18.5 Å². The van der Waals surface area contributed by atoms with Crippen molar-refractivity contribution in [2.24, 2.45) is 5.92 Å². The van der Waals surface area contributed by atoms with Crippen molar-refractivity contribution in [2.45, 2.75) is 63.4 Å². The minimum atomic E-state index is -5.33. The molecule has 0 aromatic carbocycles. The van der Waals surface area contributed by atoms with Crippen LogP contribution in [0, 0.1) is 5.92 Å². The predicted molar refractivity (Wildman–Crippen MR) is 132 cm³/mol. The fourth-order valence-electron chi connectivity index (χ4n) is 3.83. The monoisotopic (exact) mass is 641 g/mol. The quantitative estimate of drug-likeness (QED) is 0.104. The molecule has 0 radical (unpaired) electrons. The average molecular weight is 641 g/mol. The van der Waals surface area contributed by atoms with Crippen LogP contribution in [0.15, 0.2) is 23.9 Å². The molecule has 18 nitrogen and oxygen atoms in total. The molecule has 0 saturated carbocycles. The fraction of sp³-hybridized carbons (Fsp3) is 0.737. The van der Waals surface area contributed by atoms with Gasteiger partial charge in [0, 0.05) is 18.7 Å². The summed E-state index contributed by atoms with van der Waals surface area (Å²) in [5, 5.41) is 40.3. The molecule has 21 heteroatoms. The van der Waals surface area contributed by atoms with Gasteiger partial charge in [0.25, 0.3) is 0 Å². The number of rotatable bonds is 15. The molecule has 8 N–H and O–H groups in total. The maximum absolute atomic E-state index is 12.2. The molecule has 0 aromatic heterocycles. The van der Waals surface area contributed by atoms with Gasteiger partial charge in [-0.2, -0.15) is 4.31 Å². The molecular weight excluding hydrogens is 607 g/mol. The number of aliphatic hydroxyl groups is 3. The van der Waals surface area contributed by atoms with Gasteiger partial charge >= 0.3 is 29.4 Å². The summed E-state index contributed by atoms with van der Waals surface area (Å²) in [7, 11) is -15.6. The third kappa shape index (κ3) is 10.3. The fourth-order valence-corrected chi connectivity index (χ4v) is 6.62. The van der Waals surface area contributed by atoms with Crippen molar-refractivity contribution < 1.29 is 81.1 Å². The predicted octanol–water partition coefficient (Wildman–Crippen LogP) is -0.550. The first-order valence-corrected chi connectivity index (χ1v) is 16.2. The van der Waals surface area contributed by atoms with Crippen molar-refractivity contribution in [3.05, 3.63) is 23.9 Å². The lowest BCUT2D eigenvalue weighted by atomic mass is 9.95. The minimum Gasteiger partial charge on any atom is -0.478 e. The smallest absolute Gasteiger partial charge is 0.478 e. The Kier molecular flexibility index (Phi) is 12.3. The van der Waals surface area contributed by atoms with E-state index in [-0.39, 0.29) is 12.1 Å². The topological polar surface area (TPSA) is 280 Å². The molecule has 10 atom stereocenters. The number of aliphatic hydroxyl groups excluding tert-OH is 3. The number of aliphatic carboxylic acids is 1. The Morgan fingerprint density at radius 1 is 1.10 bits per heavy atom. The maximum atomic E-state index is 12.2. The number of hydrogen-bond acceptors (Lipinski definition) is 13. The third-order valence-electron chi connectivity index (χ3n) is 6.05. The SMILES string of the molecule is CC(COP(=O)(O)OP(=O)(O)OC[C@H]1O[C@@H](C)[C@H](OP(=O)(O)O)[C@@H]1O)[C@@H](O)[C@@H](O)C(C)N1C=C(C(=O)O)C=CC1. The normalized spacial score (nSPS) is 29.6. The summed E-state index contributed by atoms with van der Waals surface area (Å²) in [5.41, 5.74) is -0.0389. The second-order valence-corrected chi connectivity index (χ2v) is 13.5. The highest BCUT2D eigenvalue weighted by Gasteiger charge is 2.47. The number of carboxylic acids is 1. The van der Waals surface area contributed by atoms with Gasteiger partial charge in [-0.15, -0.1) is 0 Å². The van der Waals surface area contributed by atoms with Gasteiger partial charge in [0.15, 0.2) is 0 Å². The highest BCUT2D eigenvalue weighted by molar-refractivity contribution is 7.61. The first-order valence-electron chi connectivity index (χ1n) is 11.7. The summed E-state index contributed by atoms with van der Waals surface area (Å²) in [6.07, 6.45) is -4.49. The van der Waals surface area contributed by atoms with E-state index in [0.717, 1.165) is 0 Å². The van der Waals surface area contributed by atoms with E-state index >= 15 is 0 Å². The first-order chi connectivity index (χ1) is 18.2. The highest BCUT2D eigenvalue weighted by Crippen LogP contribution is 2.60. The highest BCUT2D eigenvalue weighted by atomic mass is 31.3. The van der Waals surface area contributed by atoms with Crippen LogP contribution in [0.25, 0.3) is 0 Å². The van der Waals surface area contributed by atoms with Crippen molar-refractivity contribution in [3.63, 3.8) is 0 Å². The molecule has 0 aliphatic carbocycles. The van der Waals surface area contributed by atoms with E-state index in [9.17, 15) is 43.6 Å². The molecule has 0 bridgehead atoms. The second kappa shape index (κ2) is 14.0. The summed E-state index contributed by atoms with van der Waals surface area (Å²) >= 11 is 0. The second-order valence-electron chi connectivity index (χ2n) is 9.23. The molecule has 2 heterocycles. The molecule has 0 amide bonds. The van der Waals surface area contributed by atoms with Crippen molar-refractivity contribution in [2.75, 3.05) is 19.8 Å². The number of hydrogen-bond donors (Lipinski definition) is 8. The Balaban J connectivity index is 1.88. The minimum absolute atomic E-state index is 0.0389. The lowest BCUT2D eigenvalue weighted by molar-refractivity contribution is -0.132. The zero-order valence-corrected chi connectivity index (χ0v) is 24.2. The number of ether oxygens (including phenoxy) is 1. The molecular formula is C19H34NO17P3. The third-order valence-corrected chi connectivity index (χ3v) is 9.17. The van der Waals surface area contributed by atoms with Crippen LogP contribution in [-0.4, -0.2) is 113 Å². The van der Waals surface area contributed by atoms with Gasteiger partial charge < -0.3 is 49.6 Å². The maximum Gasteiger partial charge on any atom is 0.481 e. The molecule has 40 heavy (non-hydrogen) atoms. The summed E-state index contributed by atoms with van der Waals surface area (Å²) in [4.78, 5) is 50.1. The van der Waals surface area contributed by atoms with Gasteiger partial charge in [0.2, 0.25) is 0 Å². The van der Waals surface area contributed by atoms with Crippen molar-refractivity contribution in [1.29, 1.82) is 0 Å². The molecule has 1 fully saturated rings. The summed E-state index contributed by atoms with van der Waals surface area (Å²) < 4.78 is 58.4. The van der Waals surface area contributed by atoms with Crippen LogP contribution in [0.4, 0.5) is 0 Å². The van der Waals surface area contributed by atoms with Crippen LogP contribution in [0.1, 0.15) is 20.8 Å². The Hall–Kier alpha value is -1.04. The molecule has 232 valence electrons. The van der Waals surface area contributed by atoms with Gasteiger partial charge in [-0.3, -0.25) is 13.6 Å². The number of phosphoric acid groups is 3. The van der Waals surface area contributed by atoms with Crippen LogP contribution >= 0.6 is 23.5 Å². The lowest BCUT2D eigenvalue weighted by Crippen LogP contribution is -2.48. The molecule has 1 saturated heterocycles. The van der Waals surface area contributed by atoms with Crippen LogP contribution in [0.3, 0.4) is 0 Å². The first kappa shape index (κ1) is 35.2. The van der Waals surface area contributed by atoms with Crippen LogP contribution in [-0.2, 0) is 41.1 Å². The Morgan fingerprint density at radius 2 is 1.70 bits per heavy atom. The van der Waals surface area contributed by atoms with Gasteiger partial charge in [0.05, 0.1) is 37.0 Å². The van der Waals surface area contributed by atoms with Gasteiger partial charge in [-0.05, 0) is 19.9 Å². The lowest BCUT2D eigenvalue weighted by Gasteiger charge is -2.36. The standard InChI is InChI=1S/C19H34NO17P3/c1-10(15(21)16(22)11(2)20-6-4-5-13(7-20)19(24)25)8-33-39(29,30)37-40(31,32)34-9-14-17(23)18(12(3)35-14)36-38(26,27)28/h4-5,7,10-12,14-18,21-23H,6,8-9H2,1-3H3,(H,24,25)(H,29,30)(H,31,32)(H2,26,27,28)/t10?,11?,12-,14+,15+,16-,17+,18-/m0/s1. The summed E-state index contributed by atoms with van der Waals surface area (Å²) in [6.45, 7) is 2.75. The number of carboxylic acid groups (broad SMARTS) is 1. The zero-order valence-electron chi connectivity index (χ0n) is 21.5. The van der Waals surface area contributed by atoms with E-state index in [1.165, 1.54) is 37.9 Å². The van der Waals surface area contributed by atoms with E-state index in [1.807, 2.05) is 0 Å². The number of nitrogens with zero attached hydrogens (tertiary/aromatic N) is 1. The summed E-state index contributed by atoms with van der Waals surface area (Å²) in [6, 6.07) is -0.789. The molecule has 0 spiro atoms. The zero-order chi connectivity index (χ0) is 30.6. The van der Waals surface area contributed by atoms with Gasteiger partial charge in [0.1, 0.15) is 24.4 Å². The van der Waals surface area contributed by atoms with E-state index in [0.29, 0.717) is 0 Å². The van der Waals surface area contributed by atoms with Crippen LogP contribution in [0.5, 0.6) is 0 Å². The molecule has 2 aliphatic rings. The van der Waals surface area contributed by atoms with Gasteiger partial charge in [-0.1, -0.05) is 13.0 Å². The van der Waals surface area contributed by atoms with Crippen molar-refractivity contribution in [3.8, 4) is 0 Å². The molecule has 0 aromatic rings. The van der Waals surface area contributed by atoms with Crippen molar-refractivity contribution >= 4 is 29.4 Å². The molecule has 2 aliphatic heterocycles. The molecule has 2 rings (SSSR count). The largest absolute Gasteiger partial charge is 0.481 e. The molecule has 4 unspecified atom stereocenters. The Labute approximate surface area is 228 Å². The number of carbonyl (C=O) groups is 1. The van der Waals surface area contributed by atoms with E-state index in [2.05, 4.69) is 17.9 Å². The average Bonchev–Trinajstić information content (AvgIpc) is 3.10. The number of phosphoric ester groups is 3. The van der Waals surface area contributed by atoms with Crippen LogP contribution < -0.4 is 0 Å². The van der Waals surface area contributed by atoms with E-state index < -0.39 is 91.2 Å². The Bertz CT molecular complexity index is 1090. The van der Waals surface area contributed by atoms with Crippen molar-refractivity contribution in [1.82, 2.24) is 4.90 Å². The van der Waals surface area contributed by atoms with E-state index in [4.69, 9.17) is 19.6 Å². The Morgan fingerprint density at radius 3 is 2.27 bits per heavy atom. The summed E-state index contributed by atoms with van der Waals surface area (Å²) in [5.74, 6) is -2.22. The van der Waals surface area contributed by atoms with Crippen LogP contribution in [0.2, 0.25) is 0 Å².